The first-order chi connectivity index (χ1) is 9.52. The third-order valence-corrected chi connectivity index (χ3v) is 3.55. The van der Waals surface area contributed by atoms with E-state index in [0.717, 1.165) is 12.8 Å². The highest BCUT2D eigenvalue weighted by atomic mass is 79.9. The van der Waals surface area contributed by atoms with Gasteiger partial charge in [0.2, 0.25) is 0 Å². The van der Waals surface area contributed by atoms with Gasteiger partial charge in [-0.2, -0.15) is 0 Å². The Hall–Kier alpha value is -1.80. The van der Waals surface area contributed by atoms with Crippen LogP contribution < -0.4 is 5.73 Å². The topological polar surface area (TPSA) is 99.9 Å². The predicted molar refractivity (Wildman–Crippen MR) is 77.5 cm³/mol. The quantitative estimate of drug-likeness (QED) is 0.666. The van der Waals surface area contributed by atoms with Crippen LogP contribution in [0.5, 0.6) is 0 Å². The molecule has 0 bridgehead atoms. The Morgan fingerprint density at radius 1 is 1.55 bits per heavy atom. The average molecular weight is 340 g/mol. The normalized spacial score (nSPS) is 12.3. The number of halogens is 1. The van der Waals surface area contributed by atoms with Crippen LogP contribution in [0.25, 0.3) is 5.69 Å². The monoisotopic (exact) mass is 339 g/mol. The lowest BCUT2D eigenvalue weighted by Crippen LogP contribution is -2.10. The van der Waals surface area contributed by atoms with E-state index in [0.29, 0.717) is 15.9 Å². The molecule has 1 aromatic carbocycles. The Bertz CT molecular complexity index is 628. The highest BCUT2D eigenvalue weighted by Gasteiger charge is 2.15. The number of nitro groups is 1. The number of benzene rings is 1. The highest BCUT2D eigenvalue weighted by molar-refractivity contribution is 9.10. The van der Waals surface area contributed by atoms with E-state index in [2.05, 4.69) is 26.2 Å². The highest BCUT2D eigenvalue weighted by Crippen LogP contribution is 2.27. The van der Waals surface area contributed by atoms with Crippen LogP contribution in [0.3, 0.4) is 0 Å². The first-order valence-corrected chi connectivity index (χ1v) is 6.94. The molecular weight excluding hydrogens is 326 g/mol. The molecule has 7 nitrogen and oxygen atoms in total. The number of nitrogens with two attached hydrogens (primary N) is 1. The van der Waals surface area contributed by atoms with E-state index in [4.69, 9.17) is 5.73 Å². The second-order valence-corrected chi connectivity index (χ2v) is 5.23. The molecule has 2 N–H and O–H groups in total. The van der Waals surface area contributed by atoms with Gasteiger partial charge in [-0.25, -0.2) is 4.68 Å². The second-order valence-electron chi connectivity index (χ2n) is 4.38. The Morgan fingerprint density at radius 3 is 2.95 bits per heavy atom. The molecule has 0 amide bonds. The van der Waals surface area contributed by atoms with Crippen LogP contribution in [-0.4, -0.2) is 19.9 Å². The molecule has 2 aromatic rings. The smallest absolute Gasteiger partial charge is 0.285 e. The zero-order valence-corrected chi connectivity index (χ0v) is 12.4. The van der Waals surface area contributed by atoms with Crippen LogP contribution in [0.15, 0.2) is 28.9 Å². The van der Waals surface area contributed by atoms with Crippen LogP contribution in [-0.2, 0) is 0 Å². The predicted octanol–water partition coefficient (Wildman–Crippen LogP) is 2.74. The number of hydrogen-bond acceptors (Lipinski definition) is 5. The minimum Gasteiger partial charge on any atom is -0.323 e. The first-order valence-electron chi connectivity index (χ1n) is 6.15. The molecule has 1 atom stereocenters. The van der Waals surface area contributed by atoms with Gasteiger partial charge in [0.05, 0.1) is 33.0 Å². The molecule has 106 valence electrons. The molecule has 0 radical (unpaired) electrons. The van der Waals surface area contributed by atoms with Gasteiger partial charge < -0.3 is 5.73 Å². The van der Waals surface area contributed by atoms with Crippen molar-refractivity contribution < 1.29 is 4.92 Å². The van der Waals surface area contributed by atoms with Gasteiger partial charge in [-0.1, -0.05) is 18.6 Å². The Kier molecular flexibility index (Phi) is 4.46. The Morgan fingerprint density at radius 2 is 2.30 bits per heavy atom. The Labute approximate surface area is 124 Å². The first kappa shape index (κ1) is 14.6. The lowest BCUT2D eigenvalue weighted by Gasteiger charge is -2.04. The molecule has 0 aliphatic rings. The van der Waals surface area contributed by atoms with Gasteiger partial charge in [-0.15, -0.1) is 5.10 Å². The summed E-state index contributed by atoms with van der Waals surface area (Å²) in [7, 11) is 0. The number of nitrogens with zero attached hydrogens (tertiary/aromatic N) is 4. The number of nitro benzene ring substituents is 1. The van der Waals surface area contributed by atoms with Gasteiger partial charge in [0.25, 0.3) is 5.69 Å². The van der Waals surface area contributed by atoms with Crippen LogP contribution in [0, 0.1) is 10.1 Å². The van der Waals surface area contributed by atoms with E-state index in [1.165, 1.54) is 10.7 Å². The summed E-state index contributed by atoms with van der Waals surface area (Å²) in [5, 5.41) is 18.9. The molecular formula is C12H14BrN5O2. The van der Waals surface area contributed by atoms with Gasteiger partial charge >= 0.3 is 0 Å². The lowest BCUT2D eigenvalue weighted by molar-refractivity contribution is -0.385. The van der Waals surface area contributed by atoms with Gasteiger partial charge in [-0.3, -0.25) is 10.1 Å². The number of aromatic nitrogens is 3. The summed E-state index contributed by atoms with van der Waals surface area (Å²) < 4.78 is 1.92. The summed E-state index contributed by atoms with van der Waals surface area (Å²) >= 11 is 3.15. The molecule has 1 heterocycles. The van der Waals surface area contributed by atoms with Crippen molar-refractivity contribution in [2.24, 2.45) is 5.73 Å². The second kappa shape index (κ2) is 6.10. The van der Waals surface area contributed by atoms with Crippen molar-refractivity contribution >= 4 is 21.6 Å². The van der Waals surface area contributed by atoms with E-state index in [1.807, 2.05) is 6.92 Å². The summed E-state index contributed by atoms with van der Waals surface area (Å²) in [5.74, 6) is 0. The standard InChI is InChI=1S/C12H14BrN5O2/c1-2-3-10(14)11-7-17(16-15-11)8-4-5-9(13)12(6-8)18(19)20/h4-7,10H,2-3,14H2,1H3. The van der Waals surface area contributed by atoms with Gasteiger partial charge in [0, 0.05) is 6.07 Å². The van der Waals surface area contributed by atoms with Crippen molar-refractivity contribution in [1.29, 1.82) is 0 Å². The lowest BCUT2D eigenvalue weighted by atomic mass is 10.1. The van der Waals surface area contributed by atoms with Crippen molar-refractivity contribution in [3.8, 4) is 5.69 Å². The largest absolute Gasteiger partial charge is 0.323 e. The maximum Gasteiger partial charge on any atom is 0.285 e. The molecule has 8 heteroatoms. The Balaban J connectivity index is 2.33. The SMILES string of the molecule is CCCC(N)c1cn(-c2ccc(Br)c([N+](=O)[O-])c2)nn1. The minimum absolute atomic E-state index is 0.0163. The van der Waals surface area contributed by atoms with E-state index < -0.39 is 4.92 Å². The van der Waals surface area contributed by atoms with Crippen LogP contribution in [0.1, 0.15) is 31.5 Å². The molecule has 0 aliphatic heterocycles. The third-order valence-electron chi connectivity index (χ3n) is 2.88. The minimum atomic E-state index is -0.450. The summed E-state index contributed by atoms with van der Waals surface area (Å²) in [6, 6.07) is 4.61. The van der Waals surface area contributed by atoms with Gasteiger partial charge in [-0.05, 0) is 34.5 Å². The van der Waals surface area contributed by atoms with E-state index in [-0.39, 0.29) is 11.7 Å². The third kappa shape index (κ3) is 3.02. The van der Waals surface area contributed by atoms with Crippen molar-refractivity contribution in [3.05, 3.63) is 44.7 Å². The molecule has 1 aromatic heterocycles. The van der Waals surface area contributed by atoms with Crippen molar-refractivity contribution in [3.63, 3.8) is 0 Å². The molecule has 2 rings (SSSR count). The van der Waals surface area contributed by atoms with Crippen LogP contribution in [0.2, 0.25) is 0 Å². The molecule has 0 aliphatic carbocycles. The zero-order chi connectivity index (χ0) is 14.7. The van der Waals surface area contributed by atoms with Crippen molar-refractivity contribution in [1.82, 2.24) is 15.0 Å². The molecule has 1 unspecified atom stereocenters. The van der Waals surface area contributed by atoms with Crippen molar-refractivity contribution in [2.45, 2.75) is 25.8 Å². The number of rotatable bonds is 5. The maximum absolute atomic E-state index is 10.9. The molecule has 0 saturated heterocycles. The summed E-state index contributed by atoms with van der Waals surface area (Å²) in [6.07, 6.45) is 3.48. The van der Waals surface area contributed by atoms with Crippen molar-refractivity contribution in [2.75, 3.05) is 0 Å². The van der Waals surface area contributed by atoms with Crippen LogP contribution >= 0.6 is 15.9 Å². The maximum atomic E-state index is 10.9. The fourth-order valence-electron chi connectivity index (χ4n) is 1.82. The molecule has 0 spiro atoms. The van der Waals surface area contributed by atoms with E-state index in [1.54, 1.807) is 18.3 Å². The van der Waals surface area contributed by atoms with E-state index >= 15 is 0 Å². The molecule has 20 heavy (non-hydrogen) atoms. The average Bonchev–Trinajstić information content (AvgIpc) is 2.89. The fraction of sp³-hybridized carbons (Fsp3) is 0.333. The summed E-state index contributed by atoms with van der Waals surface area (Å²) in [6.45, 7) is 2.04. The van der Waals surface area contributed by atoms with Crippen LogP contribution in [0.4, 0.5) is 5.69 Å². The van der Waals surface area contributed by atoms with Gasteiger partial charge in [0.15, 0.2) is 0 Å². The molecule has 0 fully saturated rings. The summed E-state index contributed by atoms with van der Waals surface area (Å²) in [4.78, 5) is 10.5. The fourth-order valence-corrected chi connectivity index (χ4v) is 2.21. The zero-order valence-electron chi connectivity index (χ0n) is 10.9. The molecule has 0 saturated carbocycles. The summed E-state index contributed by atoms with van der Waals surface area (Å²) in [5.41, 5.74) is 7.20. The van der Waals surface area contributed by atoms with Gasteiger partial charge in [0.1, 0.15) is 0 Å². The number of hydrogen-bond donors (Lipinski definition) is 1. The van der Waals surface area contributed by atoms with E-state index in [9.17, 15) is 10.1 Å².